The Morgan fingerprint density at radius 3 is 2.62 bits per heavy atom. The molecular formula is C20H24N2O6S. The van der Waals surface area contributed by atoms with Gasteiger partial charge in [0, 0.05) is 33.4 Å². The zero-order valence-corrected chi connectivity index (χ0v) is 17.2. The summed E-state index contributed by atoms with van der Waals surface area (Å²) in [6.07, 6.45) is 0.684. The number of para-hydroxylation sites is 1. The molecular weight excluding hydrogens is 396 g/mol. The van der Waals surface area contributed by atoms with Crippen LogP contribution < -0.4 is 14.2 Å². The number of hydrogen-bond donors (Lipinski definition) is 1. The SMILES string of the molecule is COCCCN(C)C(=O)c1ccccc1NS(=O)(=O)c1ccc2c(c1)OCCO2. The Hall–Kier alpha value is -2.78. The zero-order chi connectivity index (χ0) is 20.9. The number of methoxy groups -OCH3 is 1. The molecule has 8 nitrogen and oxygen atoms in total. The van der Waals surface area contributed by atoms with Gasteiger partial charge in [-0.2, -0.15) is 0 Å². The molecule has 0 bridgehead atoms. The van der Waals surface area contributed by atoms with E-state index in [9.17, 15) is 13.2 Å². The van der Waals surface area contributed by atoms with E-state index in [2.05, 4.69) is 4.72 Å². The maximum atomic E-state index is 12.9. The van der Waals surface area contributed by atoms with Crippen LogP contribution >= 0.6 is 0 Å². The summed E-state index contributed by atoms with van der Waals surface area (Å²) in [6.45, 7) is 1.81. The third-order valence-corrected chi connectivity index (χ3v) is 5.78. The minimum Gasteiger partial charge on any atom is -0.486 e. The number of ether oxygens (including phenoxy) is 3. The molecule has 2 aromatic rings. The molecule has 0 saturated carbocycles. The van der Waals surface area contributed by atoms with Crippen molar-refractivity contribution in [3.05, 3.63) is 48.0 Å². The second-order valence-corrected chi connectivity index (χ2v) is 8.21. The first-order valence-corrected chi connectivity index (χ1v) is 10.7. The van der Waals surface area contributed by atoms with Crippen LogP contribution in [-0.4, -0.2) is 59.7 Å². The number of carbonyl (C=O) groups is 1. The first kappa shape index (κ1) is 20.9. The van der Waals surface area contributed by atoms with Crippen LogP contribution in [0.2, 0.25) is 0 Å². The van der Waals surface area contributed by atoms with Crippen molar-refractivity contribution in [2.75, 3.05) is 45.2 Å². The van der Waals surface area contributed by atoms with Gasteiger partial charge >= 0.3 is 0 Å². The lowest BCUT2D eigenvalue weighted by molar-refractivity contribution is 0.0780. The van der Waals surface area contributed by atoms with Gasteiger partial charge in [0.25, 0.3) is 15.9 Å². The second kappa shape index (κ2) is 9.15. The lowest BCUT2D eigenvalue weighted by Gasteiger charge is -2.20. The maximum absolute atomic E-state index is 12.9. The maximum Gasteiger partial charge on any atom is 0.262 e. The summed E-state index contributed by atoms with van der Waals surface area (Å²) in [5.41, 5.74) is 0.486. The van der Waals surface area contributed by atoms with E-state index in [0.717, 1.165) is 0 Å². The third kappa shape index (κ3) is 4.99. The van der Waals surface area contributed by atoms with E-state index in [4.69, 9.17) is 14.2 Å². The summed E-state index contributed by atoms with van der Waals surface area (Å²) in [4.78, 5) is 14.4. The molecule has 0 atom stereocenters. The van der Waals surface area contributed by atoms with Gasteiger partial charge in [0.2, 0.25) is 0 Å². The van der Waals surface area contributed by atoms with Crippen LogP contribution in [0.15, 0.2) is 47.4 Å². The average molecular weight is 420 g/mol. The second-order valence-electron chi connectivity index (χ2n) is 6.53. The molecule has 0 saturated heterocycles. The van der Waals surface area contributed by atoms with Gasteiger partial charge in [0.05, 0.1) is 16.1 Å². The van der Waals surface area contributed by atoms with Gasteiger partial charge in [0.15, 0.2) is 11.5 Å². The fourth-order valence-corrected chi connectivity index (χ4v) is 4.00. The van der Waals surface area contributed by atoms with Crippen LogP contribution in [0.1, 0.15) is 16.8 Å². The van der Waals surface area contributed by atoms with Gasteiger partial charge in [-0.1, -0.05) is 12.1 Å². The van der Waals surface area contributed by atoms with Crippen molar-refractivity contribution < 1.29 is 27.4 Å². The summed E-state index contributed by atoms with van der Waals surface area (Å²) < 4.78 is 44.2. The number of carbonyl (C=O) groups excluding carboxylic acids is 1. The van der Waals surface area contributed by atoms with Gasteiger partial charge in [0.1, 0.15) is 13.2 Å². The fourth-order valence-electron chi connectivity index (χ4n) is 2.91. The van der Waals surface area contributed by atoms with E-state index in [-0.39, 0.29) is 22.1 Å². The van der Waals surface area contributed by atoms with Crippen LogP contribution in [0.25, 0.3) is 0 Å². The minimum atomic E-state index is -3.93. The Kier molecular flexibility index (Phi) is 6.60. The van der Waals surface area contributed by atoms with E-state index in [0.29, 0.717) is 44.3 Å². The van der Waals surface area contributed by atoms with Crippen LogP contribution in [-0.2, 0) is 14.8 Å². The Bertz CT molecular complexity index is 977. The highest BCUT2D eigenvalue weighted by Gasteiger charge is 2.22. The van der Waals surface area contributed by atoms with Crippen molar-refractivity contribution in [1.82, 2.24) is 4.90 Å². The molecule has 9 heteroatoms. The quantitative estimate of drug-likeness (QED) is 0.659. The summed E-state index contributed by atoms with van der Waals surface area (Å²) >= 11 is 0. The fraction of sp³-hybridized carbons (Fsp3) is 0.350. The monoisotopic (exact) mass is 420 g/mol. The van der Waals surface area contributed by atoms with E-state index in [1.807, 2.05) is 0 Å². The predicted molar refractivity (Wildman–Crippen MR) is 108 cm³/mol. The molecule has 3 rings (SSSR count). The largest absolute Gasteiger partial charge is 0.486 e. The summed E-state index contributed by atoms with van der Waals surface area (Å²) in [5.74, 6) is 0.603. The number of sulfonamides is 1. The molecule has 1 heterocycles. The molecule has 0 aromatic heterocycles. The molecule has 1 aliphatic rings. The van der Waals surface area contributed by atoms with Crippen molar-refractivity contribution in [1.29, 1.82) is 0 Å². The summed E-state index contributed by atoms with van der Waals surface area (Å²) in [7, 11) is -0.654. The highest BCUT2D eigenvalue weighted by Crippen LogP contribution is 2.33. The zero-order valence-electron chi connectivity index (χ0n) is 16.4. The molecule has 1 amide bonds. The van der Waals surface area contributed by atoms with Crippen molar-refractivity contribution >= 4 is 21.6 Å². The third-order valence-electron chi connectivity index (χ3n) is 4.41. The van der Waals surface area contributed by atoms with E-state index in [1.54, 1.807) is 44.5 Å². The van der Waals surface area contributed by atoms with Crippen molar-refractivity contribution in [3.8, 4) is 11.5 Å². The van der Waals surface area contributed by atoms with E-state index in [1.165, 1.54) is 17.0 Å². The molecule has 1 aliphatic heterocycles. The van der Waals surface area contributed by atoms with Crippen LogP contribution in [0.3, 0.4) is 0 Å². The van der Waals surface area contributed by atoms with Crippen LogP contribution in [0.5, 0.6) is 11.5 Å². The van der Waals surface area contributed by atoms with Crippen LogP contribution in [0, 0.1) is 0 Å². The molecule has 0 spiro atoms. The first-order valence-electron chi connectivity index (χ1n) is 9.18. The lowest BCUT2D eigenvalue weighted by Crippen LogP contribution is -2.29. The number of benzene rings is 2. The number of nitrogens with one attached hydrogen (secondary N) is 1. The number of fused-ring (bicyclic) bond motifs is 1. The normalized spacial score (nSPS) is 13.0. The Labute approximate surface area is 170 Å². The highest BCUT2D eigenvalue weighted by molar-refractivity contribution is 7.92. The number of amides is 1. The van der Waals surface area contributed by atoms with Gasteiger partial charge in [-0.15, -0.1) is 0 Å². The van der Waals surface area contributed by atoms with Crippen LogP contribution in [0.4, 0.5) is 5.69 Å². The molecule has 0 aliphatic carbocycles. The Morgan fingerprint density at radius 2 is 1.86 bits per heavy atom. The number of hydrogen-bond acceptors (Lipinski definition) is 6. The predicted octanol–water partition coefficient (Wildman–Crippen LogP) is 2.37. The van der Waals surface area contributed by atoms with Crippen molar-refractivity contribution in [2.45, 2.75) is 11.3 Å². The Morgan fingerprint density at radius 1 is 1.14 bits per heavy atom. The number of anilines is 1. The molecule has 1 N–H and O–H groups in total. The Balaban J connectivity index is 1.82. The standard InChI is InChI=1S/C20H24N2O6S/c1-22(10-5-11-26-2)20(23)16-6-3-4-7-17(16)21-29(24,25)15-8-9-18-19(14-15)28-13-12-27-18/h3-4,6-9,14,21H,5,10-13H2,1-2H3. The van der Waals surface area contributed by atoms with Crippen molar-refractivity contribution in [3.63, 3.8) is 0 Å². The highest BCUT2D eigenvalue weighted by atomic mass is 32.2. The molecule has 156 valence electrons. The average Bonchev–Trinajstić information content (AvgIpc) is 2.73. The van der Waals surface area contributed by atoms with Gasteiger partial charge in [-0.25, -0.2) is 8.42 Å². The van der Waals surface area contributed by atoms with Crippen molar-refractivity contribution in [2.24, 2.45) is 0 Å². The number of nitrogens with zero attached hydrogens (tertiary/aromatic N) is 1. The first-order chi connectivity index (χ1) is 13.9. The van der Waals surface area contributed by atoms with Gasteiger partial charge in [-0.3, -0.25) is 9.52 Å². The van der Waals surface area contributed by atoms with E-state index < -0.39 is 10.0 Å². The molecule has 0 fully saturated rings. The number of rotatable bonds is 8. The van der Waals surface area contributed by atoms with E-state index >= 15 is 0 Å². The topological polar surface area (TPSA) is 94.2 Å². The smallest absolute Gasteiger partial charge is 0.262 e. The summed E-state index contributed by atoms with van der Waals surface area (Å²) in [6, 6.07) is 10.9. The molecule has 0 unspecified atom stereocenters. The molecule has 29 heavy (non-hydrogen) atoms. The molecule has 0 radical (unpaired) electrons. The summed E-state index contributed by atoms with van der Waals surface area (Å²) in [5, 5.41) is 0. The minimum absolute atomic E-state index is 0.0254. The van der Waals surface area contributed by atoms with Gasteiger partial charge in [-0.05, 0) is 30.7 Å². The lowest BCUT2D eigenvalue weighted by atomic mass is 10.1. The molecule has 2 aromatic carbocycles. The van der Waals surface area contributed by atoms with Gasteiger partial charge < -0.3 is 19.1 Å².